The van der Waals surface area contributed by atoms with Crippen LogP contribution in [0.1, 0.15) is 19.4 Å². The third-order valence-electron chi connectivity index (χ3n) is 5.13. The predicted octanol–water partition coefficient (Wildman–Crippen LogP) is 2.44. The number of ether oxygens (including phenoxy) is 3. The maximum atomic E-state index is 12.9. The second kappa shape index (κ2) is 8.86. The average molecular weight is 447 g/mol. The van der Waals surface area contributed by atoms with Gasteiger partial charge in [0.15, 0.2) is 11.5 Å². The molecule has 2 aromatic rings. The molecule has 0 radical (unpaired) electrons. The predicted molar refractivity (Wildman–Crippen MR) is 115 cm³/mol. The van der Waals surface area contributed by atoms with Crippen molar-refractivity contribution in [1.82, 2.24) is 4.31 Å². The third kappa shape index (κ3) is 5.00. The highest BCUT2D eigenvalue weighted by molar-refractivity contribution is 7.89. The summed E-state index contributed by atoms with van der Waals surface area (Å²) in [7, 11) is -3.62. The summed E-state index contributed by atoms with van der Waals surface area (Å²) < 4.78 is 44.0. The van der Waals surface area contributed by atoms with E-state index < -0.39 is 10.0 Å². The smallest absolute Gasteiger partial charge is 0.243 e. The van der Waals surface area contributed by atoms with Crippen molar-refractivity contribution in [3.63, 3.8) is 0 Å². The monoisotopic (exact) mass is 446 g/mol. The summed E-state index contributed by atoms with van der Waals surface area (Å²) in [5.41, 5.74) is 1.33. The number of carbonyl (C=O) groups excluding carboxylic acids is 1. The van der Waals surface area contributed by atoms with Crippen molar-refractivity contribution in [1.29, 1.82) is 0 Å². The molecule has 0 spiro atoms. The number of carbonyl (C=O) groups is 1. The van der Waals surface area contributed by atoms with Gasteiger partial charge in [-0.15, -0.1) is 0 Å². The quantitative estimate of drug-likeness (QED) is 0.758. The molecule has 1 N–H and O–H groups in total. The van der Waals surface area contributed by atoms with Crippen LogP contribution in [0.5, 0.6) is 11.5 Å². The van der Waals surface area contributed by atoms with Gasteiger partial charge in [-0.1, -0.05) is 6.07 Å². The van der Waals surface area contributed by atoms with E-state index in [2.05, 4.69) is 5.32 Å². The maximum Gasteiger partial charge on any atom is 0.243 e. The summed E-state index contributed by atoms with van der Waals surface area (Å²) in [6.07, 6.45) is -0.143. The average Bonchev–Trinajstić information content (AvgIpc) is 2.73. The van der Waals surface area contributed by atoms with E-state index in [9.17, 15) is 13.2 Å². The van der Waals surface area contributed by atoms with E-state index in [4.69, 9.17) is 14.2 Å². The van der Waals surface area contributed by atoms with Gasteiger partial charge in [-0.25, -0.2) is 8.42 Å². The van der Waals surface area contributed by atoms with E-state index in [-0.39, 0.29) is 29.4 Å². The van der Waals surface area contributed by atoms with Crippen molar-refractivity contribution in [3.05, 3.63) is 48.0 Å². The Kier molecular flexibility index (Phi) is 6.17. The molecule has 2 atom stereocenters. The van der Waals surface area contributed by atoms with Crippen LogP contribution in [-0.4, -0.2) is 57.1 Å². The van der Waals surface area contributed by atoms with Crippen molar-refractivity contribution in [2.75, 3.05) is 31.6 Å². The fraction of sp³-hybridized carbons (Fsp3) is 0.409. The topological polar surface area (TPSA) is 94.2 Å². The number of morpholine rings is 1. The number of fused-ring (bicyclic) bond motifs is 1. The first-order chi connectivity index (χ1) is 14.8. The number of hydrogen-bond acceptors (Lipinski definition) is 6. The lowest BCUT2D eigenvalue weighted by Gasteiger charge is -2.34. The van der Waals surface area contributed by atoms with Crippen LogP contribution in [0.2, 0.25) is 0 Å². The molecule has 1 amide bonds. The minimum Gasteiger partial charge on any atom is -0.486 e. The highest BCUT2D eigenvalue weighted by Gasteiger charge is 2.32. The lowest BCUT2D eigenvalue weighted by atomic mass is 10.1. The Hall–Kier alpha value is -2.62. The molecule has 0 aromatic heterocycles. The van der Waals surface area contributed by atoms with Crippen LogP contribution >= 0.6 is 0 Å². The molecule has 8 nitrogen and oxygen atoms in total. The molecular formula is C22H26N2O6S. The normalized spacial score (nSPS) is 21.5. The number of amides is 1. The molecule has 0 bridgehead atoms. The summed E-state index contributed by atoms with van der Waals surface area (Å²) >= 11 is 0. The Morgan fingerprint density at radius 1 is 1.00 bits per heavy atom. The number of nitrogens with zero attached hydrogens (tertiary/aromatic N) is 1. The van der Waals surface area contributed by atoms with Crippen LogP contribution in [-0.2, 0) is 26.0 Å². The minimum atomic E-state index is -3.62. The summed E-state index contributed by atoms with van der Waals surface area (Å²) in [6, 6.07) is 11.6. The van der Waals surface area contributed by atoms with Gasteiger partial charge in [0.25, 0.3) is 0 Å². The Bertz CT molecular complexity index is 1040. The van der Waals surface area contributed by atoms with Crippen LogP contribution < -0.4 is 14.8 Å². The van der Waals surface area contributed by atoms with Crippen molar-refractivity contribution in [2.24, 2.45) is 0 Å². The van der Waals surface area contributed by atoms with Crippen LogP contribution in [0, 0.1) is 0 Å². The zero-order valence-corrected chi connectivity index (χ0v) is 18.4. The molecule has 1 fully saturated rings. The molecule has 9 heteroatoms. The summed E-state index contributed by atoms with van der Waals surface area (Å²) in [6.45, 7) is 5.36. The van der Waals surface area contributed by atoms with Crippen LogP contribution in [0.15, 0.2) is 47.4 Å². The number of anilines is 1. The van der Waals surface area contributed by atoms with Gasteiger partial charge in [0, 0.05) is 18.8 Å². The Balaban J connectivity index is 1.39. The number of rotatable bonds is 5. The molecule has 166 valence electrons. The zero-order valence-electron chi connectivity index (χ0n) is 17.5. The van der Waals surface area contributed by atoms with Crippen LogP contribution in [0.4, 0.5) is 5.69 Å². The second-order valence-corrected chi connectivity index (χ2v) is 9.74. The van der Waals surface area contributed by atoms with Crippen molar-refractivity contribution in [2.45, 2.75) is 37.4 Å². The maximum absolute atomic E-state index is 12.9. The van der Waals surface area contributed by atoms with E-state index in [0.29, 0.717) is 43.5 Å². The standard InChI is InChI=1S/C22H26N2O6S/c1-15-13-24(14-16(2)30-15)31(26,27)19-6-4-18(5-7-19)23-22(25)12-17-3-8-20-21(11-17)29-10-9-28-20/h3-8,11,15-16H,9-10,12-14H2,1-2H3,(H,23,25). The first kappa shape index (κ1) is 21.6. The number of nitrogens with one attached hydrogen (secondary N) is 1. The highest BCUT2D eigenvalue weighted by atomic mass is 32.2. The molecule has 2 aliphatic rings. The SMILES string of the molecule is CC1CN(S(=O)(=O)c2ccc(NC(=O)Cc3ccc4c(c3)OCCO4)cc2)CC(C)O1. The van der Waals surface area contributed by atoms with Crippen molar-refractivity contribution < 1.29 is 27.4 Å². The van der Waals surface area contributed by atoms with Crippen LogP contribution in [0.25, 0.3) is 0 Å². The van der Waals surface area contributed by atoms with Gasteiger partial charge in [0.05, 0.1) is 23.5 Å². The largest absolute Gasteiger partial charge is 0.486 e. The van der Waals surface area contributed by atoms with Gasteiger partial charge in [-0.05, 0) is 55.8 Å². The van der Waals surface area contributed by atoms with E-state index in [1.165, 1.54) is 16.4 Å². The summed E-state index contributed by atoms with van der Waals surface area (Å²) in [5.74, 6) is 1.11. The highest BCUT2D eigenvalue weighted by Crippen LogP contribution is 2.31. The van der Waals surface area contributed by atoms with E-state index in [1.807, 2.05) is 19.9 Å². The minimum absolute atomic E-state index is 0.155. The molecule has 2 aliphatic heterocycles. The lowest BCUT2D eigenvalue weighted by molar-refractivity contribution is -0.115. The molecule has 0 saturated carbocycles. The van der Waals surface area contributed by atoms with Gasteiger partial charge in [-0.2, -0.15) is 4.31 Å². The second-order valence-electron chi connectivity index (χ2n) is 7.81. The van der Waals surface area contributed by atoms with E-state index in [1.54, 1.807) is 24.3 Å². The fourth-order valence-corrected chi connectivity index (χ4v) is 5.37. The molecule has 0 aliphatic carbocycles. The Morgan fingerprint density at radius 2 is 1.65 bits per heavy atom. The molecular weight excluding hydrogens is 420 g/mol. The van der Waals surface area contributed by atoms with E-state index >= 15 is 0 Å². The molecule has 31 heavy (non-hydrogen) atoms. The van der Waals surface area contributed by atoms with Crippen LogP contribution in [0.3, 0.4) is 0 Å². The molecule has 4 rings (SSSR count). The zero-order chi connectivity index (χ0) is 22.0. The number of hydrogen-bond donors (Lipinski definition) is 1. The lowest BCUT2D eigenvalue weighted by Crippen LogP contribution is -2.48. The first-order valence-corrected chi connectivity index (χ1v) is 11.7. The van der Waals surface area contributed by atoms with Crippen molar-refractivity contribution in [3.8, 4) is 11.5 Å². The van der Waals surface area contributed by atoms with Gasteiger partial charge in [0.1, 0.15) is 13.2 Å². The van der Waals surface area contributed by atoms with Gasteiger partial charge in [-0.3, -0.25) is 4.79 Å². The number of benzene rings is 2. The van der Waals surface area contributed by atoms with Gasteiger partial charge in [0.2, 0.25) is 15.9 Å². The molecule has 2 heterocycles. The van der Waals surface area contributed by atoms with E-state index in [0.717, 1.165) is 5.56 Å². The summed E-state index contributed by atoms with van der Waals surface area (Å²) in [4.78, 5) is 12.6. The van der Waals surface area contributed by atoms with Crippen molar-refractivity contribution >= 4 is 21.6 Å². The molecule has 2 unspecified atom stereocenters. The Morgan fingerprint density at radius 3 is 2.32 bits per heavy atom. The molecule has 1 saturated heterocycles. The first-order valence-electron chi connectivity index (χ1n) is 10.3. The third-order valence-corrected chi connectivity index (χ3v) is 6.98. The summed E-state index contributed by atoms with van der Waals surface area (Å²) in [5, 5.41) is 2.80. The number of sulfonamides is 1. The Labute approximate surface area is 182 Å². The van der Waals surface area contributed by atoms with Gasteiger partial charge >= 0.3 is 0 Å². The van der Waals surface area contributed by atoms with Gasteiger partial charge < -0.3 is 19.5 Å². The fourth-order valence-electron chi connectivity index (χ4n) is 3.77. The molecule has 2 aromatic carbocycles.